The first kappa shape index (κ1) is 24.7. The predicted octanol–water partition coefficient (Wildman–Crippen LogP) is 4.16. The summed E-state index contributed by atoms with van der Waals surface area (Å²) in [5.74, 6) is -0.380. The van der Waals surface area contributed by atoms with Crippen LogP contribution in [-0.2, 0) is 22.4 Å². The normalized spacial score (nSPS) is 15.1. The van der Waals surface area contributed by atoms with E-state index in [0.717, 1.165) is 24.3 Å². The molecule has 2 N–H and O–H groups in total. The smallest absolute Gasteiger partial charge is 0.389 e. The number of halogens is 6. The molecule has 0 radical (unpaired) electrons. The van der Waals surface area contributed by atoms with Gasteiger partial charge in [0.05, 0.1) is 22.9 Å². The Morgan fingerprint density at radius 1 is 0.857 bits per heavy atom. The van der Waals surface area contributed by atoms with Crippen LogP contribution < -0.4 is 9.62 Å². The Kier molecular flexibility index (Phi) is 6.13. The number of alkyl halides is 6. The second-order valence-corrected chi connectivity index (χ2v) is 9.26. The Hall–Kier alpha value is -3.39. The lowest BCUT2D eigenvalue weighted by Crippen LogP contribution is -2.51. The fourth-order valence-electron chi connectivity index (χ4n) is 3.45. The molecule has 0 amide bonds. The molecule has 0 unspecified atom stereocenters. The number of nitrogens with one attached hydrogen (secondary N) is 1. The van der Waals surface area contributed by atoms with E-state index in [0.29, 0.717) is 18.2 Å². The van der Waals surface area contributed by atoms with Gasteiger partial charge in [-0.2, -0.15) is 34.8 Å². The van der Waals surface area contributed by atoms with E-state index in [1.54, 1.807) is 4.90 Å². The topological polar surface area (TPSA) is 95.4 Å². The first-order chi connectivity index (χ1) is 16.3. The molecule has 1 aromatic carbocycles. The van der Waals surface area contributed by atoms with Crippen LogP contribution >= 0.6 is 0 Å². The van der Waals surface area contributed by atoms with E-state index in [-0.39, 0.29) is 18.9 Å². The molecule has 0 bridgehead atoms. The summed E-state index contributed by atoms with van der Waals surface area (Å²) in [5.41, 5.74) is -4.76. The van der Waals surface area contributed by atoms with Gasteiger partial charge < -0.3 is 10.0 Å². The van der Waals surface area contributed by atoms with Crippen LogP contribution in [0.3, 0.4) is 0 Å². The van der Waals surface area contributed by atoms with Crippen LogP contribution in [-0.4, -0.2) is 42.7 Å². The minimum atomic E-state index is -5.06. The number of β-amino-alcohol motifs (C(OH)–C–C–N with tert-alkyl or cyclic N) is 1. The number of nitrogens with zero attached hydrogens (tertiary/aromatic N) is 3. The predicted molar refractivity (Wildman–Crippen MR) is 113 cm³/mol. The third-order valence-electron chi connectivity index (χ3n) is 5.10. The van der Waals surface area contributed by atoms with E-state index in [4.69, 9.17) is 0 Å². The maximum atomic E-state index is 13.6. The van der Waals surface area contributed by atoms with Gasteiger partial charge in [0.2, 0.25) is 0 Å². The van der Waals surface area contributed by atoms with E-state index in [9.17, 15) is 39.9 Å². The number of aromatic nitrogens is 2. The summed E-state index contributed by atoms with van der Waals surface area (Å²) in [4.78, 5) is 9.20. The monoisotopic (exact) mass is 518 g/mol. The minimum absolute atomic E-state index is 0.242. The summed E-state index contributed by atoms with van der Waals surface area (Å²) in [7, 11) is -4.47. The standard InChI is InChI=1S/C21H16F6N4O3S/c22-20(23,24)14-5-2-1-4-13(14)19-15(21(25,26)27)8-9-16(28-19)30-35(33,34)18-7-3-6-17(29-18)31-10-12(32)11-31/h1-9,12,32H,10-11H2,(H,28,30). The van der Waals surface area contributed by atoms with Gasteiger partial charge in [-0.1, -0.05) is 24.3 Å². The molecule has 0 saturated carbocycles. The molecule has 3 heterocycles. The highest BCUT2D eigenvalue weighted by molar-refractivity contribution is 7.92. The number of aliphatic hydroxyl groups is 1. The Morgan fingerprint density at radius 2 is 1.51 bits per heavy atom. The zero-order valence-corrected chi connectivity index (χ0v) is 18.3. The van der Waals surface area contributed by atoms with Crippen molar-refractivity contribution in [2.45, 2.75) is 23.5 Å². The number of hydrogen-bond donors (Lipinski definition) is 2. The molecule has 2 aromatic heterocycles. The third kappa shape index (κ3) is 5.17. The van der Waals surface area contributed by atoms with Crippen molar-refractivity contribution >= 4 is 21.7 Å². The van der Waals surface area contributed by atoms with Crippen molar-refractivity contribution in [1.82, 2.24) is 9.97 Å². The molecular weight excluding hydrogens is 502 g/mol. The van der Waals surface area contributed by atoms with Gasteiger partial charge in [0, 0.05) is 18.7 Å². The number of rotatable bonds is 5. The second-order valence-electron chi connectivity index (χ2n) is 7.63. The largest absolute Gasteiger partial charge is 0.418 e. The Morgan fingerprint density at radius 3 is 2.14 bits per heavy atom. The molecule has 1 fully saturated rings. The van der Waals surface area contributed by atoms with Gasteiger partial charge in [-0.3, -0.25) is 4.72 Å². The van der Waals surface area contributed by atoms with Crippen molar-refractivity contribution in [3.63, 3.8) is 0 Å². The second kappa shape index (κ2) is 8.68. The van der Waals surface area contributed by atoms with Gasteiger partial charge in [0.15, 0.2) is 5.03 Å². The number of hydrogen-bond acceptors (Lipinski definition) is 6. The van der Waals surface area contributed by atoms with Crippen molar-refractivity contribution in [3.8, 4) is 11.3 Å². The van der Waals surface area contributed by atoms with Crippen LogP contribution in [0.5, 0.6) is 0 Å². The molecular formula is C21H16F6N4O3S. The van der Waals surface area contributed by atoms with Crippen LogP contribution in [0.1, 0.15) is 11.1 Å². The highest BCUT2D eigenvalue weighted by Crippen LogP contribution is 2.42. The van der Waals surface area contributed by atoms with Crippen LogP contribution in [0, 0.1) is 0 Å². The van der Waals surface area contributed by atoms with Crippen molar-refractivity contribution in [1.29, 1.82) is 0 Å². The Labute approximate surface area is 195 Å². The fraction of sp³-hybridized carbons (Fsp3) is 0.238. The van der Waals surface area contributed by atoms with Crippen LogP contribution in [0.2, 0.25) is 0 Å². The van der Waals surface area contributed by atoms with E-state index in [2.05, 4.69) is 9.97 Å². The van der Waals surface area contributed by atoms with Gasteiger partial charge in [-0.05, 0) is 30.3 Å². The van der Waals surface area contributed by atoms with Crippen molar-refractivity contribution < 1.29 is 39.9 Å². The zero-order valence-electron chi connectivity index (χ0n) is 17.5. The third-order valence-corrected chi connectivity index (χ3v) is 6.35. The molecule has 1 aliphatic rings. The lowest BCUT2D eigenvalue weighted by Gasteiger charge is -2.36. The number of aliphatic hydroxyl groups excluding tert-OH is 1. The van der Waals surface area contributed by atoms with E-state index in [1.807, 2.05) is 4.72 Å². The molecule has 35 heavy (non-hydrogen) atoms. The first-order valence-electron chi connectivity index (χ1n) is 9.93. The quantitative estimate of drug-likeness (QED) is 0.493. The van der Waals surface area contributed by atoms with Gasteiger partial charge in [0.1, 0.15) is 11.6 Å². The number of pyridine rings is 2. The molecule has 7 nitrogen and oxygen atoms in total. The summed E-state index contributed by atoms with van der Waals surface area (Å²) in [5, 5.41) is 8.92. The fourth-order valence-corrected chi connectivity index (χ4v) is 4.41. The maximum Gasteiger partial charge on any atom is 0.418 e. The SMILES string of the molecule is O=S(=O)(Nc1ccc(C(F)(F)F)c(-c2ccccc2C(F)(F)F)n1)c1cccc(N2CC(O)C2)n1. The van der Waals surface area contributed by atoms with Gasteiger partial charge in [-0.25, -0.2) is 9.97 Å². The number of sulfonamides is 1. The average Bonchev–Trinajstić information content (AvgIpc) is 2.75. The molecule has 4 rings (SSSR count). The van der Waals surface area contributed by atoms with Crippen LogP contribution in [0.25, 0.3) is 11.3 Å². The number of anilines is 2. The molecule has 1 aliphatic heterocycles. The Bertz CT molecular complexity index is 1360. The maximum absolute atomic E-state index is 13.6. The molecule has 0 spiro atoms. The van der Waals surface area contributed by atoms with E-state index in [1.165, 1.54) is 12.1 Å². The summed E-state index contributed by atoms with van der Waals surface area (Å²) < 4.78 is 109. The summed E-state index contributed by atoms with van der Waals surface area (Å²) in [6.07, 6.45) is -10.6. The molecule has 186 valence electrons. The van der Waals surface area contributed by atoms with Crippen molar-refractivity contribution in [3.05, 3.63) is 65.7 Å². The van der Waals surface area contributed by atoms with Crippen LogP contribution in [0.15, 0.2) is 59.6 Å². The lowest BCUT2D eigenvalue weighted by atomic mass is 9.99. The average molecular weight is 518 g/mol. The summed E-state index contributed by atoms with van der Waals surface area (Å²) in [6, 6.07) is 8.75. The zero-order chi connectivity index (χ0) is 25.6. The molecule has 14 heteroatoms. The van der Waals surface area contributed by atoms with Gasteiger partial charge >= 0.3 is 12.4 Å². The number of benzene rings is 1. The van der Waals surface area contributed by atoms with Gasteiger partial charge in [0.25, 0.3) is 10.0 Å². The van der Waals surface area contributed by atoms with Crippen molar-refractivity contribution in [2.75, 3.05) is 22.7 Å². The summed E-state index contributed by atoms with van der Waals surface area (Å²) in [6.45, 7) is 0.485. The molecule has 1 saturated heterocycles. The van der Waals surface area contributed by atoms with E-state index >= 15 is 0 Å². The van der Waals surface area contributed by atoms with Crippen LogP contribution in [0.4, 0.5) is 38.0 Å². The molecule has 0 atom stereocenters. The highest BCUT2D eigenvalue weighted by atomic mass is 32.2. The first-order valence-corrected chi connectivity index (χ1v) is 11.4. The summed E-state index contributed by atoms with van der Waals surface area (Å²) >= 11 is 0. The lowest BCUT2D eigenvalue weighted by molar-refractivity contribution is -0.139. The van der Waals surface area contributed by atoms with Gasteiger partial charge in [-0.15, -0.1) is 0 Å². The van der Waals surface area contributed by atoms with Crippen molar-refractivity contribution in [2.24, 2.45) is 0 Å². The van der Waals surface area contributed by atoms with E-state index < -0.39 is 61.7 Å². The molecule has 3 aromatic rings. The molecule has 0 aliphatic carbocycles. The Balaban J connectivity index is 1.75. The minimum Gasteiger partial charge on any atom is -0.389 e. The highest BCUT2D eigenvalue weighted by Gasteiger charge is 2.39.